The minimum atomic E-state index is -0.192. The summed E-state index contributed by atoms with van der Waals surface area (Å²) < 4.78 is 0. The largest absolute Gasteiger partial charge is 0.396 e. The number of rotatable bonds is 0. The summed E-state index contributed by atoms with van der Waals surface area (Å²) in [6.07, 6.45) is 1.99. The van der Waals surface area contributed by atoms with Crippen LogP contribution in [0.5, 0.6) is 0 Å². The Bertz CT molecular complexity index is 224. The summed E-state index contributed by atoms with van der Waals surface area (Å²) in [5.74, 6) is 0. The summed E-state index contributed by atoms with van der Waals surface area (Å²) in [7, 11) is -0.192. The lowest BCUT2D eigenvalue weighted by atomic mass is 10.1. The second-order valence-corrected chi connectivity index (χ2v) is 4.80. The first-order chi connectivity index (χ1) is 5.46. The van der Waals surface area contributed by atoms with Crippen molar-refractivity contribution < 1.29 is 0 Å². The van der Waals surface area contributed by atoms with Gasteiger partial charge in [-0.15, -0.1) is 10.5 Å². The average Bonchev–Trinajstić information content (AvgIpc) is 2.08. The Balaban J connectivity index is 3.43. The van der Waals surface area contributed by atoms with E-state index >= 15 is 0 Å². The predicted octanol–water partition coefficient (Wildman–Crippen LogP) is 0.410. The lowest BCUT2D eigenvalue weighted by Crippen LogP contribution is -2.24. The zero-order valence-electron chi connectivity index (χ0n) is 7.64. The molecule has 0 aromatic rings. The van der Waals surface area contributed by atoms with E-state index in [2.05, 4.69) is 0 Å². The van der Waals surface area contributed by atoms with E-state index in [4.69, 9.17) is 17.2 Å². The first-order valence-corrected chi connectivity index (χ1v) is 5.32. The quantitative estimate of drug-likeness (QED) is 0.478. The van der Waals surface area contributed by atoms with Gasteiger partial charge >= 0.3 is 0 Å². The monoisotopic (exact) mass is 185 g/mol. The van der Waals surface area contributed by atoms with Gasteiger partial charge in [0.2, 0.25) is 0 Å². The molecule has 0 saturated carbocycles. The van der Waals surface area contributed by atoms with Crippen LogP contribution in [0, 0.1) is 0 Å². The molecule has 1 rings (SSSR count). The Labute approximate surface area is 75.2 Å². The third kappa shape index (κ3) is 1.17. The Hall–Kier alpha value is -0.740. The molecule has 12 heavy (non-hydrogen) atoms. The van der Waals surface area contributed by atoms with Gasteiger partial charge in [-0.25, -0.2) is 0 Å². The second kappa shape index (κ2) is 2.95. The topological polar surface area (TPSA) is 78.1 Å². The minimum absolute atomic E-state index is 0.192. The fraction of sp³-hybridized carbons (Fsp3) is 0.375. The maximum Gasteiger partial charge on any atom is 0.0849 e. The molecule has 0 radical (unpaired) electrons. The van der Waals surface area contributed by atoms with Crippen molar-refractivity contribution in [1.82, 2.24) is 0 Å². The van der Waals surface area contributed by atoms with Crippen LogP contribution in [0.25, 0.3) is 0 Å². The van der Waals surface area contributed by atoms with Crippen LogP contribution in [0.1, 0.15) is 13.8 Å². The van der Waals surface area contributed by atoms with E-state index in [-0.39, 0.29) is 10.5 Å². The lowest BCUT2D eigenvalue weighted by Gasteiger charge is -2.20. The highest BCUT2D eigenvalue weighted by Crippen LogP contribution is 2.29. The third-order valence-electron chi connectivity index (χ3n) is 2.26. The van der Waals surface area contributed by atoms with Crippen molar-refractivity contribution in [2.45, 2.75) is 13.8 Å². The highest BCUT2D eigenvalue weighted by atomic mass is 32.2. The summed E-state index contributed by atoms with van der Waals surface area (Å²) in [4.78, 5) is 0.860. The van der Waals surface area contributed by atoms with E-state index in [0.717, 1.165) is 21.2 Å². The highest BCUT2D eigenvalue weighted by Gasteiger charge is 2.15. The standard InChI is InChI=1S/C8H15N3S/c1-4-5(2)7(10)12(3)8(11)6(4)9/h9-11H2,1-3H3. The van der Waals surface area contributed by atoms with Gasteiger partial charge in [0.1, 0.15) is 0 Å². The molecule has 1 aliphatic heterocycles. The molecule has 0 aliphatic carbocycles. The molecule has 68 valence electrons. The van der Waals surface area contributed by atoms with Crippen LogP contribution in [-0.2, 0) is 0 Å². The van der Waals surface area contributed by atoms with E-state index in [1.54, 1.807) is 0 Å². The number of allylic oxidation sites excluding steroid dienone is 1. The van der Waals surface area contributed by atoms with E-state index in [0.29, 0.717) is 5.70 Å². The number of hydrogen-bond donors (Lipinski definition) is 3. The van der Waals surface area contributed by atoms with Crippen LogP contribution in [0.4, 0.5) is 0 Å². The molecular weight excluding hydrogens is 170 g/mol. The van der Waals surface area contributed by atoms with Gasteiger partial charge in [-0.05, 0) is 31.2 Å². The van der Waals surface area contributed by atoms with Gasteiger partial charge in [-0.1, -0.05) is 0 Å². The summed E-state index contributed by atoms with van der Waals surface area (Å²) in [6.45, 7) is 3.92. The van der Waals surface area contributed by atoms with E-state index in [1.165, 1.54) is 0 Å². The summed E-state index contributed by atoms with van der Waals surface area (Å²) in [5.41, 5.74) is 20.3. The van der Waals surface area contributed by atoms with E-state index in [1.807, 2.05) is 20.1 Å². The Kier molecular flexibility index (Phi) is 2.30. The van der Waals surface area contributed by atoms with E-state index in [9.17, 15) is 0 Å². The maximum absolute atomic E-state index is 5.87. The van der Waals surface area contributed by atoms with Gasteiger partial charge in [-0.2, -0.15) is 0 Å². The van der Waals surface area contributed by atoms with Gasteiger partial charge < -0.3 is 11.5 Å². The van der Waals surface area contributed by atoms with Gasteiger partial charge in [0.05, 0.1) is 10.7 Å². The molecule has 1 unspecified atom stereocenters. The summed E-state index contributed by atoms with van der Waals surface area (Å²) in [6, 6.07) is 0. The van der Waals surface area contributed by atoms with Gasteiger partial charge in [0.25, 0.3) is 0 Å². The SMILES string of the molecule is CC1=C(C)C(N)=S(C)C(N)=C1N. The Morgan fingerprint density at radius 2 is 1.50 bits per heavy atom. The van der Waals surface area contributed by atoms with Gasteiger partial charge in [0, 0.05) is 4.99 Å². The second-order valence-electron chi connectivity index (χ2n) is 2.90. The normalized spacial score (nSPS) is 25.3. The molecule has 0 saturated heterocycles. The van der Waals surface area contributed by atoms with Crippen LogP contribution < -0.4 is 17.2 Å². The van der Waals surface area contributed by atoms with Crippen LogP contribution in [0.2, 0.25) is 0 Å². The highest BCUT2D eigenvalue weighted by molar-refractivity contribution is 8.18. The van der Waals surface area contributed by atoms with Crippen LogP contribution in [0.15, 0.2) is 21.9 Å². The molecular formula is C8H15N3S. The molecule has 0 spiro atoms. The predicted molar refractivity (Wildman–Crippen MR) is 56.5 cm³/mol. The molecule has 0 aromatic heterocycles. The van der Waals surface area contributed by atoms with Crippen molar-refractivity contribution in [3.8, 4) is 0 Å². The molecule has 1 atom stereocenters. The van der Waals surface area contributed by atoms with E-state index < -0.39 is 0 Å². The van der Waals surface area contributed by atoms with Crippen molar-refractivity contribution >= 4 is 15.5 Å². The molecule has 0 bridgehead atoms. The van der Waals surface area contributed by atoms with Crippen LogP contribution >= 0.6 is 10.5 Å². The van der Waals surface area contributed by atoms with Crippen molar-refractivity contribution in [1.29, 1.82) is 0 Å². The Morgan fingerprint density at radius 3 is 2.00 bits per heavy atom. The lowest BCUT2D eigenvalue weighted by molar-refractivity contribution is 1.21. The summed E-state index contributed by atoms with van der Waals surface area (Å²) in [5, 5.41) is 0.718. The zero-order valence-corrected chi connectivity index (χ0v) is 8.46. The third-order valence-corrected chi connectivity index (χ3v) is 4.11. The van der Waals surface area contributed by atoms with Crippen LogP contribution in [-0.4, -0.2) is 11.2 Å². The van der Waals surface area contributed by atoms with Crippen molar-refractivity contribution in [2.24, 2.45) is 17.2 Å². The molecule has 4 heteroatoms. The molecule has 0 aromatic carbocycles. The van der Waals surface area contributed by atoms with Gasteiger partial charge in [0.15, 0.2) is 0 Å². The molecule has 1 aliphatic rings. The molecule has 0 fully saturated rings. The number of nitrogens with two attached hydrogens (primary N) is 3. The van der Waals surface area contributed by atoms with Crippen LogP contribution in [0.3, 0.4) is 0 Å². The maximum atomic E-state index is 5.87. The fourth-order valence-electron chi connectivity index (χ4n) is 1.08. The fourth-order valence-corrected chi connectivity index (χ4v) is 2.42. The van der Waals surface area contributed by atoms with Gasteiger partial charge in [-0.3, -0.25) is 5.73 Å². The number of hydrogen-bond acceptors (Lipinski definition) is 3. The molecule has 0 amide bonds. The first kappa shape index (κ1) is 9.35. The molecule has 3 nitrogen and oxygen atoms in total. The minimum Gasteiger partial charge on any atom is -0.396 e. The smallest absolute Gasteiger partial charge is 0.0849 e. The van der Waals surface area contributed by atoms with Crippen molar-refractivity contribution in [2.75, 3.05) is 6.26 Å². The first-order valence-electron chi connectivity index (χ1n) is 3.68. The molecule has 6 N–H and O–H groups in total. The zero-order chi connectivity index (χ0) is 9.46. The van der Waals surface area contributed by atoms with Crippen molar-refractivity contribution in [3.05, 3.63) is 21.9 Å². The van der Waals surface area contributed by atoms with Crippen molar-refractivity contribution in [3.63, 3.8) is 0 Å². The molecule has 1 heterocycles. The average molecular weight is 185 g/mol. The summed E-state index contributed by atoms with van der Waals surface area (Å²) >= 11 is 0. The Morgan fingerprint density at radius 1 is 1.00 bits per heavy atom.